The molecule has 1 saturated heterocycles. The predicted octanol–water partition coefficient (Wildman–Crippen LogP) is 3.80. The lowest BCUT2D eigenvalue weighted by Crippen LogP contribution is -2.35. The van der Waals surface area contributed by atoms with E-state index in [4.69, 9.17) is 23.2 Å². The van der Waals surface area contributed by atoms with Gasteiger partial charge in [0, 0.05) is 11.6 Å². The maximum Gasteiger partial charge on any atom is 0.261 e. The second kappa shape index (κ2) is 8.05. The normalized spacial score (nSPS) is 16.1. The van der Waals surface area contributed by atoms with E-state index in [-0.39, 0.29) is 15.5 Å². The van der Waals surface area contributed by atoms with E-state index in [1.807, 2.05) is 0 Å². The molecule has 0 spiro atoms. The molecule has 4 rings (SSSR count). The van der Waals surface area contributed by atoms with Crippen LogP contribution in [0.1, 0.15) is 12.8 Å². The maximum absolute atomic E-state index is 12.9. The van der Waals surface area contributed by atoms with Gasteiger partial charge in [0.25, 0.3) is 10.0 Å². The van der Waals surface area contributed by atoms with Crippen LogP contribution in [0.25, 0.3) is 10.9 Å². The Balaban J connectivity index is 1.62. The first-order valence-corrected chi connectivity index (χ1v) is 13.0. The van der Waals surface area contributed by atoms with E-state index in [2.05, 4.69) is 15.0 Å². The summed E-state index contributed by atoms with van der Waals surface area (Å²) in [5.74, 6) is 0. The van der Waals surface area contributed by atoms with Crippen molar-refractivity contribution in [3.63, 3.8) is 0 Å². The van der Waals surface area contributed by atoms with Crippen molar-refractivity contribution in [1.82, 2.24) is 10.3 Å². The summed E-state index contributed by atoms with van der Waals surface area (Å²) in [6, 6.07) is 8.36. The van der Waals surface area contributed by atoms with Crippen LogP contribution in [-0.4, -0.2) is 40.2 Å². The number of H-pyrrole nitrogens is 1. The van der Waals surface area contributed by atoms with Crippen LogP contribution in [0.15, 0.2) is 52.4 Å². The highest BCUT2D eigenvalue weighted by Crippen LogP contribution is 2.35. The zero-order valence-corrected chi connectivity index (χ0v) is 18.8. The first-order valence-electron chi connectivity index (χ1n) is 9.23. The molecule has 0 atom stereocenters. The number of aromatic amines is 1. The molecule has 0 amide bonds. The Bertz CT molecular complexity index is 1300. The van der Waals surface area contributed by atoms with Crippen LogP contribution in [0, 0.1) is 0 Å². The fraction of sp³-hybridized carbons (Fsp3) is 0.263. The van der Waals surface area contributed by atoms with Crippen molar-refractivity contribution in [3.05, 3.63) is 52.6 Å². The molecule has 0 saturated carbocycles. The van der Waals surface area contributed by atoms with Crippen LogP contribution in [0.2, 0.25) is 10.0 Å². The molecule has 0 radical (unpaired) electrons. The minimum absolute atomic E-state index is 0.0486. The molecular weight excluding hydrogens is 469 g/mol. The summed E-state index contributed by atoms with van der Waals surface area (Å²) in [7, 11) is -7.46. The second-order valence-electron chi connectivity index (χ2n) is 7.05. The van der Waals surface area contributed by atoms with Crippen LogP contribution in [0.5, 0.6) is 0 Å². The third kappa shape index (κ3) is 3.92. The third-order valence-corrected chi connectivity index (χ3v) is 9.44. The number of halogens is 2. The van der Waals surface area contributed by atoms with Gasteiger partial charge in [-0.3, -0.25) is 4.72 Å². The van der Waals surface area contributed by atoms with Crippen molar-refractivity contribution in [2.45, 2.75) is 27.9 Å². The first-order chi connectivity index (χ1) is 14.2. The van der Waals surface area contributed by atoms with E-state index in [1.165, 1.54) is 36.5 Å². The lowest BCUT2D eigenvalue weighted by atomic mass is 10.2. The summed E-state index contributed by atoms with van der Waals surface area (Å²) in [6.45, 7) is 1.30. The van der Waals surface area contributed by atoms with Gasteiger partial charge >= 0.3 is 0 Å². The van der Waals surface area contributed by atoms with E-state index >= 15 is 0 Å². The van der Waals surface area contributed by atoms with Crippen LogP contribution in [0.3, 0.4) is 0 Å². The molecule has 2 heterocycles. The van der Waals surface area contributed by atoms with Gasteiger partial charge in [-0.25, -0.2) is 16.8 Å². The van der Waals surface area contributed by atoms with Gasteiger partial charge in [-0.1, -0.05) is 23.2 Å². The highest BCUT2D eigenvalue weighted by Gasteiger charge is 2.29. The topological polar surface area (TPSA) is 108 Å². The van der Waals surface area contributed by atoms with Gasteiger partial charge in [-0.15, -0.1) is 0 Å². The van der Waals surface area contributed by atoms with Crippen LogP contribution in [0.4, 0.5) is 5.69 Å². The Morgan fingerprint density at radius 1 is 0.867 bits per heavy atom. The second-order valence-corrected chi connectivity index (χ2v) is 11.8. The summed E-state index contributed by atoms with van der Waals surface area (Å²) in [4.78, 5) is 2.98. The maximum atomic E-state index is 12.9. The summed E-state index contributed by atoms with van der Waals surface area (Å²) in [5.41, 5.74) is 0.744. The number of anilines is 1. The van der Waals surface area contributed by atoms with Gasteiger partial charge in [-0.2, -0.15) is 0 Å². The molecule has 1 aliphatic rings. The molecule has 0 aliphatic carbocycles. The molecule has 160 valence electrons. The van der Waals surface area contributed by atoms with Gasteiger partial charge in [0.05, 0.1) is 36.3 Å². The number of fused-ring (bicyclic) bond motifs is 1. The molecule has 11 heteroatoms. The monoisotopic (exact) mass is 487 g/mol. The first kappa shape index (κ1) is 21.5. The SMILES string of the molecule is O=S(=O)(Nc1ccc(Cl)c2c(Cl)c[nH]c12)c1ccc(S(=O)(=O)C2CCNCC2)cc1. The van der Waals surface area contributed by atoms with Gasteiger partial charge in [0.15, 0.2) is 9.84 Å². The lowest BCUT2D eigenvalue weighted by molar-refractivity contribution is 0.496. The number of piperidine rings is 1. The number of hydrogen-bond donors (Lipinski definition) is 3. The fourth-order valence-corrected chi connectivity index (χ4v) is 6.95. The zero-order valence-electron chi connectivity index (χ0n) is 15.7. The molecular formula is C19H19Cl2N3O4S2. The predicted molar refractivity (Wildman–Crippen MR) is 119 cm³/mol. The Kier molecular flexibility index (Phi) is 5.75. The summed E-state index contributed by atoms with van der Waals surface area (Å²) in [5, 5.41) is 3.97. The number of hydrogen-bond acceptors (Lipinski definition) is 5. The van der Waals surface area contributed by atoms with Gasteiger partial charge < -0.3 is 10.3 Å². The highest BCUT2D eigenvalue weighted by molar-refractivity contribution is 7.93. The number of aromatic nitrogens is 1. The van der Waals surface area contributed by atoms with Crippen molar-refractivity contribution < 1.29 is 16.8 Å². The highest BCUT2D eigenvalue weighted by atomic mass is 35.5. The van der Waals surface area contributed by atoms with Crippen LogP contribution < -0.4 is 10.0 Å². The number of sulfone groups is 1. The average molecular weight is 488 g/mol. The van der Waals surface area contributed by atoms with Crippen molar-refractivity contribution in [2.24, 2.45) is 0 Å². The van der Waals surface area contributed by atoms with Crippen molar-refractivity contribution in [3.8, 4) is 0 Å². The molecule has 2 aromatic carbocycles. The standard InChI is InChI=1S/C19H19Cl2N3O4S2/c20-15-5-6-17(19-18(15)16(21)11-23-19)24-30(27,28)14-3-1-12(2-4-14)29(25,26)13-7-9-22-10-8-13/h1-6,11,13,22-24H,7-10H2. The largest absolute Gasteiger partial charge is 0.358 e. The molecule has 1 aromatic heterocycles. The van der Waals surface area contributed by atoms with Crippen molar-refractivity contribution in [1.29, 1.82) is 0 Å². The minimum Gasteiger partial charge on any atom is -0.358 e. The number of sulfonamides is 1. The van der Waals surface area contributed by atoms with Crippen molar-refractivity contribution in [2.75, 3.05) is 17.8 Å². The van der Waals surface area contributed by atoms with Crippen LogP contribution >= 0.6 is 23.2 Å². The minimum atomic E-state index is -3.96. The summed E-state index contributed by atoms with van der Waals surface area (Å²) < 4.78 is 53.8. The summed E-state index contributed by atoms with van der Waals surface area (Å²) in [6.07, 6.45) is 2.60. The molecule has 30 heavy (non-hydrogen) atoms. The quantitative estimate of drug-likeness (QED) is 0.507. The van der Waals surface area contributed by atoms with Crippen LogP contribution in [-0.2, 0) is 19.9 Å². The fourth-order valence-electron chi connectivity index (χ4n) is 3.56. The van der Waals surface area contributed by atoms with Crippen molar-refractivity contribution >= 4 is 59.7 Å². The Morgan fingerprint density at radius 3 is 2.17 bits per heavy atom. The molecule has 1 aliphatic heterocycles. The summed E-state index contributed by atoms with van der Waals surface area (Å²) >= 11 is 12.3. The Hall–Kier alpha value is -1.78. The van der Waals surface area contributed by atoms with Gasteiger partial charge in [0.1, 0.15) is 0 Å². The molecule has 0 unspecified atom stereocenters. The molecule has 1 fully saturated rings. The molecule has 7 nitrogen and oxygen atoms in total. The third-order valence-electron chi connectivity index (χ3n) is 5.17. The Labute approximate surface area is 184 Å². The smallest absolute Gasteiger partial charge is 0.261 e. The van der Waals surface area contributed by atoms with E-state index < -0.39 is 25.1 Å². The number of benzene rings is 2. The van der Waals surface area contributed by atoms with Gasteiger partial charge in [0.2, 0.25) is 0 Å². The van der Waals surface area contributed by atoms with E-state index in [0.717, 1.165) is 0 Å². The van der Waals surface area contributed by atoms with E-state index in [1.54, 1.807) is 6.07 Å². The lowest BCUT2D eigenvalue weighted by Gasteiger charge is -2.22. The number of nitrogens with one attached hydrogen (secondary N) is 3. The molecule has 3 N–H and O–H groups in total. The van der Waals surface area contributed by atoms with Gasteiger partial charge in [-0.05, 0) is 62.3 Å². The van der Waals surface area contributed by atoms with E-state index in [9.17, 15) is 16.8 Å². The average Bonchev–Trinajstić information content (AvgIpc) is 3.13. The van der Waals surface area contributed by atoms with E-state index in [0.29, 0.717) is 46.9 Å². The Morgan fingerprint density at radius 2 is 1.50 bits per heavy atom. The number of rotatable bonds is 5. The molecule has 0 bridgehead atoms. The molecule has 3 aromatic rings. The zero-order chi connectivity index (χ0) is 21.5.